The van der Waals surface area contributed by atoms with Crippen molar-refractivity contribution in [3.8, 4) is 0 Å². The molecule has 0 aliphatic carbocycles. The van der Waals surface area contributed by atoms with Crippen LogP contribution in [0.15, 0.2) is 0 Å². The maximum atomic E-state index is 12.0. The van der Waals surface area contributed by atoms with E-state index in [1.807, 2.05) is 0 Å². The van der Waals surface area contributed by atoms with Crippen molar-refractivity contribution in [1.82, 2.24) is 0 Å². The third-order valence-electron chi connectivity index (χ3n) is 1.45. The fourth-order valence-electron chi connectivity index (χ4n) is 0.614. The van der Waals surface area contributed by atoms with E-state index in [0.29, 0.717) is 0 Å². The summed E-state index contributed by atoms with van der Waals surface area (Å²) in [7, 11) is 0. The molecule has 0 saturated carbocycles. The highest BCUT2D eigenvalue weighted by Crippen LogP contribution is 2.36. The molecule has 0 aliphatic heterocycles. The van der Waals surface area contributed by atoms with Gasteiger partial charge in [0.25, 0.3) is 0 Å². The van der Waals surface area contributed by atoms with Gasteiger partial charge < -0.3 is 4.74 Å². The van der Waals surface area contributed by atoms with Gasteiger partial charge in [0.15, 0.2) is 6.67 Å². The van der Waals surface area contributed by atoms with Crippen molar-refractivity contribution in [2.75, 3.05) is 13.3 Å². The first kappa shape index (κ1) is 15.4. The van der Waals surface area contributed by atoms with E-state index in [2.05, 4.69) is 9.68 Å². The van der Waals surface area contributed by atoms with Gasteiger partial charge in [0.2, 0.25) is 0 Å². The van der Waals surface area contributed by atoms with Crippen LogP contribution in [-0.4, -0.2) is 31.4 Å². The molecule has 0 radical (unpaired) electrons. The van der Waals surface area contributed by atoms with Crippen LogP contribution in [0.3, 0.4) is 0 Å². The van der Waals surface area contributed by atoms with E-state index in [0.717, 1.165) is 0 Å². The average Bonchev–Trinajstić information content (AvgIpc) is 2.09. The van der Waals surface area contributed by atoms with Gasteiger partial charge in [-0.15, -0.1) is 4.94 Å². The third-order valence-corrected chi connectivity index (χ3v) is 1.45. The molecular weight excluding hydrogens is 256 g/mol. The van der Waals surface area contributed by atoms with Gasteiger partial charge in [-0.05, 0) is 4.53 Å². The summed E-state index contributed by atoms with van der Waals surface area (Å²) in [6.45, 7) is -4.07. The first-order chi connectivity index (χ1) is 7.08. The lowest BCUT2D eigenvalue weighted by atomic mass is 10.3. The Morgan fingerprint density at radius 1 is 0.938 bits per heavy atom. The topological polar surface area (TPSA) is 18.5 Å². The SMILES string of the molecule is FCC(OF)(OCCC(F)(F)F)C(F)(F)F. The Morgan fingerprint density at radius 3 is 1.69 bits per heavy atom. The molecule has 0 heterocycles. The van der Waals surface area contributed by atoms with E-state index in [-0.39, 0.29) is 0 Å². The fourth-order valence-corrected chi connectivity index (χ4v) is 0.614. The average molecular weight is 262 g/mol. The van der Waals surface area contributed by atoms with Crippen LogP contribution in [0.4, 0.5) is 35.3 Å². The lowest BCUT2D eigenvalue weighted by molar-refractivity contribution is -0.445. The lowest BCUT2D eigenvalue weighted by Gasteiger charge is -2.28. The third kappa shape index (κ3) is 4.08. The van der Waals surface area contributed by atoms with Gasteiger partial charge in [0.1, 0.15) is 0 Å². The molecule has 0 bridgehead atoms. The van der Waals surface area contributed by atoms with Gasteiger partial charge in [-0.2, -0.15) is 26.3 Å². The van der Waals surface area contributed by atoms with E-state index < -0.39 is 37.8 Å². The molecular formula is C6H6F8O2. The number of rotatable bonds is 5. The van der Waals surface area contributed by atoms with Crippen molar-refractivity contribution >= 4 is 0 Å². The molecule has 1 unspecified atom stereocenters. The highest BCUT2D eigenvalue weighted by atomic mass is 19.4. The largest absolute Gasteiger partial charge is 0.449 e. The van der Waals surface area contributed by atoms with Gasteiger partial charge in [-0.1, -0.05) is 0 Å². The molecule has 0 N–H and O–H groups in total. The number of alkyl halides is 7. The predicted octanol–water partition coefficient (Wildman–Crippen LogP) is 3.08. The Kier molecular flexibility index (Phi) is 4.92. The molecule has 0 fully saturated rings. The highest BCUT2D eigenvalue weighted by Gasteiger charge is 2.60. The van der Waals surface area contributed by atoms with Crippen molar-refractivity contribution < 1.29 is 44.9 Å². The molecule has 0 aromatic carbocycles. The standard InChI is InChI=1S/C6H6F8O2/c7-3-4(16-14,6(11,12)13)15-2-1-5(8,9)10/h1-3H2. The molecule has 0 amide bonds. The minimum atomic E-state index is -5.62. The summed E-state index contributed by atoms with van der Waals surface area (Å²) < 4.78 is 97.5. The predicted molar refractivity (Wildman–Crippen MR) is 33.6 cm³/mol. The lowest BCUT2D eigenvalue weighted by Crippen LogP contribution is -2.51. The van der Waals surface area contributed by atoms with Crippen LogP contribution in [0, 0.1) is 0 Å². The van der Waals surface area contributed by atoms with Crippen molar-refractivity contribution in [3.63, 3.8) is 0 Å². The van der Waals surface area contributed by atoms with Crippen LogP contribution in [0.5, 0.6) is 0 Å². The summed E-state index contributed by atoms with van der Waals surface area (Å²) in [4.78, 5) is 2.28. The molecule has 0 saturated heterocycles. The minimum Gasteiger partial charge on any atom is -0.338 e. The Balaban J connectivity index is 4.47. The van der Waals surface area contributed by atoms with Crippen molar-refractivity contribution in [3.05, 3.63) is 0 Å². The van der Waals surface area contributed by atoms with Crippen molar-refractivity contribution in [1.29, 1.82) is 0 Å². The Labute approximate surface area is 84.0 Å². The monoisotopic (exact) mass is 262 g/mol. The molecule has 0 spiro atoms. The highest BCUT2D eigenvalue weighted by molar-refractivity contribution is 4.77. The van der Waals surface area contributed by atoms with E-state index in [1.165, 1.54) is 0 Å². The van der Waals surface area contributed by atoms with E-state index >= 15 is 0 Å². The number of hydrogen-bond acceptors (Lipinski definition) is 2. The summed E-state index contributed by atoms with van der Waals surface area (Å²) in [5, 5.41) is 0. The van der Waals surface area contributed by atoms with Crippen LogP contribution < -0.4 is 0 Å². The van der Waals surface area contributed by atoms with E-state index in [1.54, 1.807) is 0 Å². The van der Waals surface area contributed by atoms with Gasteiger partial charge >= 0.3 is 18.1 Å². The zero-order valence-electron chi connectivity index (χ0n) is 7.46. The minimum absolute atomic E-state index is 1.57. The van der Waals surface area contributed by atoms with E-state index in [4.69, 9.17) is 0 Å². The molecule has 0 rings (SSSR count). The second-order valence-corrected chi connectivity index (χ2v) is 2.68. The summed E-state index contributed by atoms with van der Waals surface area (Å²) in [5.74, 6) is -4.29. The second kappa shape index (κ2) is 5.13. The summed E-state index contributed by atoms with van der Waals surface area (Å²) in [5.41, 5.74) is 0. The summed E-state index contributed by atoms with van der Waals surface area (Å²) in [6.07, 6.45) is -12.2. The van der Waals surface area contributed by atoms with Gasteiger partial charge in [0.05, 0.1) is 13.0 Å². The first-order valence-corrected chi connectivity index (χ1v) is 3.71. The van der Waals surface area contributed by atoms with E-state index in [9.17, 15) is 35.3 Å². The van der Waals surface area contributed by atoms with Crippen molar-refractivity contribution in [2.45, 2.75) is 24.6 Å². The molecule has 0 aromatic rings. The van der Waals surface area contributed by atoms with Crippen LogP contribution >= 0.6 is 0 Å². The van der Waals surface area contributed by atoms with Gasteiger partial charge in [-0.25, -0.2) is 4.39 Å². The summed E-state index contributed by atoms with van der Waals surface area (Å²) >= 11 is 0. The Bertz CT molecular complexity index is 206. The molecule has 10 heteroatoms. The van der Waals surface area contributed by atoms with Crippen LogP contribution in [0.1, 0.15) is 6.42 Å². The first-order valence-electron chi connectivity index (χ1n) is 3.71. The molecule has 0 aliphatic rings. The number of hydrogen-bond donors (Lipinski definition) is 0. The Morgan fingerprint density at radius 2 is 1.44 bits per heavy atom. The molecule has 98 valence electrons. The summed E-state index contributed by atoms with van der Waals surface area (Å²) in [6, 6.07) is 0. The van der Waals surface area contributed by atoms with Crippen molar-refractivity contribution in [2.24, 2.45) is 0 Å². The van der Waals surface area contributed by atoms with Gasteiger partial charge in [-0.3, -0.25) is 0 Å². The van der Waals surface area contributed by atoms with Gasteiger partial charge in [0, 0.05) is 0 Å². The number of ether oxygens (including phenoxy) is 1. The Hall–Kier alpha value is -0.640. The van der Waals surface area contributed by atoms with Crippen LogP contribution in [-0.2, 0) is 9.68 Å². The second-order valence-electron chi connectivity index (χ2n) is 2.68. The maximum absolute atomic E-state index is 12.0. The zero-order chi connectivity index (χ0) is 13.0. The smallest absolute Gasteiger partial charge is 0.338 e. The van der Waals surface area contributed by atoms with Crippen LogP contribution in [0.2, 0.25) is 0 Å². The maximum Gasteiger partial charge on any atom is 0.449 e. The number of halogens is 8. The molecule has 2 nitrogen and oxygen atoms in total. The fraction of sp³-hybridized carbons (Fsp3) is 1.00. The molecule has 0 aromatic heterocycles. The molecule has 1 atom stereocenters. The normalized spacial score (nSPS) is 17.2. The molecule has 16 heavy (non-hydrogen) atoms. The van der Waals surface area contributed by atoms with Crippen LogP contribution in [0.25, 0.3) is 0 Å². The quantitative estimate of drug-likeness (QED) is 0.560. The zero-order valence-corrected chi connectivity index (χ0v) is 7.46.